The van der Waals surface area contributed by atoms with Crippen LogP contribution in [0.3, 0.4) is 0 Å². The van der Waals surface area contributed by atoms with Gasteiger partial charge >= 0.3 is 6.09 Å². The summed E-state index contributed by atoms with van der Waals surface area (Å²) in [6.07, 6.45) is 1.09. The average molecular weight is 356 g/mol. The molecular weight excluding hydrogens is 334 g/mol. The van der Waals surface area contributed by atoms with Gasteiger partial charge in [0.15, 0.2) is 0 Å². The third-order valence-corrected chi connectivity index (χ3v) is 3.96. The van der Waals surface area contributed by atoms with E-state index >= 15 is 0 Å². The molecule has 1 aliphatic heterocycles. The highest BCUT2D eigenvalue weighted by atomic mass is 79.9. The molecule has 21 heavy (non-hydrogen) atoms. The molecule has 0 aromatic heterocycles. The molecule has 116 valence electrons. The molecule has 0 atom stereocenters. The van der Waals surface area contributed by atoms with Crippen LogP contribution in [0.4, 0.5) is 4.79 Å². The van der Waals surface area contributed by atoms with E-state index in [2.05, 4.69) is 21.2 Å². The number of ether oxygens (including phenoxy) is 2. The van der Waals surface area contributed by atoms with E-state index in [1.807, 2.05) is 45.0 Å². The Morgan fingerprint density at radius 1 is 1.33 bits per heavy atom. The first kappa shape index (κ1) is 16.3. The highest BCUT2D eigenvalue weighted by Gasteiger charge is 2.37. The Hall–Kier alpha value is -1.07. The van der Waals surface area contributed by atoms with Gasteiger partial charge in [0.2, 0.25) is 0 Å². The maximum absolute atomic E-state index is 12.2. The molecule has 1 aliphatic rings. The van der Waals surface area contributed by atoms with Crippen molar-refractivity contribution < 1.29 is 14.3 Å². The third-order valence-electron chi connectivity index (χ3n) is 3.46. The van der Waals surface area contributed by atoms with Crippen LogP contribution in [0.15, 0.2) is 28.7 Å². The second kappa shape index (κ2) is 6.36. The third kappa shape index (κ3) is 4.45. The molecule has 1 heterocycles. The number of hydrogen-bond donors (Lipinski definition) is 1. The van der Waals surface area contributed by atoms with Gasteiger partial charge in [0.25, 0.3) is 0 Å². The molecule has 1 saturated heterocycles. The number of amides is 1. The van der Waals surface area contributed by atoms with Gasteiger partial charge in [0, 0.05) is 17.7 Å². The molecule has 4 nitrogen and oxygen atoms in total. The van der Waals surface area contributed by atoms with Crippen LogP contribution >= 0.6 is 15.9 Å². The van der Waals surface area contributed by atoms with E-state index in [1.165, 1.54) is 0 Å². The molecular formula is C16H22BrNO3. The van der Waals surface area contributed by atoms with E-state index < -0.39 is 11.1 Å². The number of rotatable bonds is 2. The molecule has 0 radical (unpaired) electrons. The van der Waals surface area contributed by atoms with Crippen LogP contribution < -0.4 is 5.32 Å². The predicted octanol–water partition coefficient (Wildman–Crippen LogP) is 3.98. The van der Waals surface area contributed by atoms with Crippen LogP contribution in [-0.4, -0.2) is 24.9 Å². The lowest BCUT2D eigenvalue weighted by Gasteiger charge is -2.39. The van der Waals surface area contributed by atoms with E-state index in [1.54, 1.807) is 0 Å². The molecule has 2 rings (SSSR count). The first-order chi connectivity index (χ1) is 9.81. The van der Waals surface area contributed by atoms with Gasteiger partial charge in [-0.25, -0.2) is 4.79 Å². The largest absolute Gasteiger partial charge is 0.444 e. The quantitative estimate of drug-likeness (QED) is 0.872. The summed E-state index contributed by atoms with van der Waals surface area (Å²) < 4.78 is 11.9. The van der Waals surface area contributed by atoms with Gasteiger partial charge in [-0.05, 0) is 51.3 Å². The van der Waals surface area contributed by atoms with Gasteiger partial charge in [-0.1, -0.05) is 28.1 Å². The monoisotopic (exact) mass is 355 g/mol. The number of carbonyl (C=O) groups is 1. The molecule has 0 saturated carbocycles. The standard InChI is InChI=1S/C16H22BrNO3/c1-15(2,3)21-14(19)18-16(7-9-20-10-8-16)12-5-4-6-13(17)11-12/h4-6,11H,7-10H2,1-3H3,(H,18,19). The minimum atomic E-state index is -0.506. The Morgan fingerprint density at radius 3 is 2.57 bits per heavy atom. The molecule has 5 heteroatoms. The molecule has 1 N–H and O–H groups in total. The van der Waals surface area contributed by atoms with E-state index in [-0.39, 0.29) is 6.09 Å². The van der Waals surface area contributed by atoms with Gasteiger partial charge in [0.05, 0.1) is 5.54 Å². The minimum absolute atomic E-state index is 0.385. The lowest BCUT2D eigenvalue weighted by Crippen LogP contribution is -2.50. The zero-order valence-corrected chi connectivity index (χ0v) is 14.3. The van der Waals surface area contributed by atoms with Crippen molar-refractivity contribution in [2.24, 2.45) is 0 Å². The van der Waals surface area contributed by atoms with Gasteiger partial charge in [-0.15, -0.1) is 0 Å². The molecule has 0 unspecified atom stereocenters. The predicted molar refractivity (Wildman–Crippen MR) is 85.2 cm³/mol. The molecule has 1 aromatic rings. The van der Waals surface area contributed by atoms with Gasteiger partial charge in [-0.3, -0.25) is 0 Å². The highest BCUT2D eigenvalue weighted by Crippen LogP contribution is 2.33. The summed E-state index contributed by atoms with van der Waals surface area (Å²) in [7, 11) is 0. The fourth-order valence-electron chi connectivity index (χ4n) is 2.49. The van der Waals surface area contributed by atoms with Gasteiger partial charge in [-0.2, -0.15) is 0 Å². The Labute approximate surface area is 134 Å². The lowest BCUT2D eigenvalue weighted by molar-refractivity contribution is 0.0157. The van der Waals surface area contributed by atoms with Crippen molar-refractivity contribution in [2.45, 2.75) is 44.8 Å². The van der Waals surface area contributed by atoms with E-state index in [9.17, 15) is 4.79 Å². The SMILES string of the molecule is CC(C)(C)OC(=O)NC1(c2cccc(Br)c2)CCOCC1. The fourth-order valence-corrected chi connectivity index (χ4v) is 2.89. The van der Waals surface area contributed by atoms with Crippen molar-refractivity contribution in [3.8, 4) is 0 Å². The highest BCUT2D eigenvalue weighted by molar-refractivity contribution is 9.10. The van der Waals surface area contributed by atoms with Crippen LogP contribution in [0.25, 0.3) is 0 Å². The topological polar surface area (TPSA) is 47.6 Å². The smallest absolute Gasteiger partial charge is 0.408 e. The maximum atomic E-state index is 12.2. The summed E-state index contributed by atoms with van der Waals surface area (Å²) in [6, 6.07) is 8.04. The Bertz CT molecular complexity index is 504. The summed E-state index contributed by atoms with van der Waals surface area (Å²) in [5, 5.41) is 3.07. The second-order valence-electron chi connectivity index (χ2n) is 6.33. The molecule has 0 spiro atoms. The summed E-state index contributed by atoms with van der Waals surface area (Å²) in [5.41, 5.74) is 0.143. The summed E-state index contributed by atoms with van der Waals surface area (Å²) in [6.45, 7) is 6.84. The number of carbonyl (C=O) groups excluding carboxylic acids is 1. The minimum Gasteiger partial charge on any atom is -0.444 e. The Morgan fingerprint density at radius 2 is 2.00 bits per heavy atom. The first-order valence-electron chi connectivity index (χ1n) is 7.16. The number of benzene rings is 1. The zero-order valence-electron chi connectivity index (χ0n) is 12.7. The number of alkyl carbamates (subject to hydrolysis) is 1. The number of halogens is 1. The Balaban J connectivity index is 2.23. The average Bonchev–Trinajstić information content (AvgIpc) is 2.37. The van der Waals surface area contributed by atoms with E-state index in [0.29, 0.717) is 13.2 Å². The van der Waals surface area contributed by atoms with Crippen molar-refractivity contribution in [3.63, 3.8) is 0 Å². The van der Waals surface area contributed by atoms with Crippen molar-refractivity contribution in [1.82, 2.24) is 5.32 Å². The second-order valence-corrected chi connectivity index (χ2v) is 7.25. The van der Waals surface area contributed by atoms with Gasteiger partial charge in [0.1, 0.15) is 5.60 Å². The van der Waals surface area contributed by atoms with E-state index in [0.717, 1.165) is 22.9 Å². The fraction of sp³-hybridized carbons (Fsp3) is 0.562. The molecule has 1 amide bonds. The molecule has 0 aliphatic carbocycles. The molecule has 1 aromatic carbocycles. The van der Waals surface area contributed by atoms with Crippen LogP contribution in [0.5, 0.6) is 0 Å². The zero-order chi connectivity index (χ0) is 15.5. The maximum Gasteiger partial charge on any atom is 0.408 e. The molecule has 1 fully saturated rings. The van der Waals surface area contributed by atoms with E-state index in [4.69, 9.17) is 9.47 Å². The van der Waals surface area contributed by atoms with Crippen LogP contribution in [0.2, 0.25) is 0 Å². The number of nitrogens with one attached hydrogen (secondary N) is 1. The van der Waals surface area contributed by atoms with Gasteiger partial charge < -0.3 is 14.8 Å². The first-order valence-corrected chi connectivity index (χ1v) is 7.95. The normalized spacial score (nSPS) is 18.1. The molecule has 0 bridgehead atoms. The lowest BCUT2D eigenvalue weighted by atomic mass is 9.83. The Kier molecular flexibility index (Phi) is 4.94. The summed E-state index contributed by atoms with van der Waals surface area (Å²) >= 11 is 3.49. The van der Waals surface area contributed by atoms with Crippen molar-refractivity contribution in [1.29, 1.82) is 0 Å². The van der Waals surface area contributed by atoms with Crippen molar-refractivity contribution in [2.75, 3.05) is 13.2 Å². The van der Waals surface area contributed by atoms with Crippen molar-refractivity contribution in [3.05, 3.63) is 34.3 Å². The van der Waals surface area contributed by atoms with Crippen LogP contribution in [0.1, 0.15) is 39.2 Å². The van der Waals surface area contributed by atoms with Crippen LogP contribution in [-0.2, 0) is 15.0 Å². The summed E-state index contributed by atoms with van der Waals surface area (Å²) in [5.74, 6) is 0. The summed E-state index contributed by atoms with van der Waals surface area (Å²) in [4.78, 5) is 12.2. The number of hydrogen-bond acceptors (Lipinski definition) is 3. The van der Waals surface area contributed by atoms with Crippen LogP contribution in [0, 0.1) is 0 Å². The van der Waals surface area contributed by atoms with Crippen molar-refractivity contribution >= 4 is 22.0 Å².